The highest BCUT2D eigenvalue weighted by atomic mass is 79.9. The van der Waals surface area contributed by atoms with Gasteiger partial charge < -0.3 is 5.32 Å². The maximum absolute atomic E-state index is 11.9. The summed E-state index contributed by atoms with van der Waals surface area (Å²) < 4.78 is 2.19. The van der Waals surface area contributed by atoms with Gasteiger partial charge in [-0.2, -0.15) is 0 Å². The molecule has 0 fully saturated rings. The third-order valence-electron chi connectivity index (χ3n) is 2.55. The summed E-state index contributed by atoms with van der Waals surface area (Å²) in [6.45, 7) is 0.759. The van der Waals surface area contributed by atoms with E-state index in [1.807, 2.05) is 6.07 Å². The van der Waals surface area contributed by atoms with Crippen LogP contribution in [0.15, 0.2) is 52.1 Å². The molecular weight excluding hydrogens is 310 g/mol. The topological polar surface area (TPSA) is 64.0 Å². The van der Waals surface area contributed by atoms with Crippen molar-refractivity contribution in [2.75, 3.05) is 6.54 Å². The van der Waals surface area contributed by atoms with E-state index >= 15 is 0 Å². The fourth-order valence-corrected chi connectivity index (χ4v) is 2.04. The number of hydrogen-bond acceptors (Lipinski definition) is 3. The molecule has 0 aliphatic carbocycles. The van der Waals surface area contributed by atoms with Gasteiger partial charge in [0, 0.05) is 29.8 Å². The lowest BCUT2D eigenvalue weighted by molar-refractivity contribution is 0.0951. The molecule has 0 aliphatic rings. The fraction of sp³-hybridized carbons (Fsp3) is 0.154. The van der Waals surface area contributed by atoms with Crippen molar-refractivity contribution >= 4 is 21.8 Å². The van der Waals surface area contributed by atoms with E-state index in [0.29, 0.717) is 18.7 Å². The lowest BCUT2D eigenvalue weighted by atomic mass is 10.2. The van der Waals surface area contributed by atoms with Crippen LogP contribution in [0.5, 0.6) is 0 Å². The molecular formula is C13H12BrN3O2. The summed E-state index contributed by atoms with van der Waals surface area (Å²) in [4.78, 5) is 27.2. The molecule has 19 heavy (non-hydrogen) atoms. The minimum atomic E-state index is -0.176. The van der Waals surface area contributed by atoms with Crippen molar-refractivity contribution in [3.8, 4) is 0 Å². The molecule has 0 unspecified atom stereocenters. The zero-order valence-electron chi connectivity index (χ0n) is 10.0. The maximum atomic E-state index is 11.9. The molecule has 0 aliphatic heterocycles. The quantitative estimate of drug-likeness (QED) is 0.926. The van der Waals surface area contributed by atoms with E-state index in [1.165, 1.54) is 23.2 Å². The summed E-state index contributed by atoms with van der Waals surface area (Å²) in [5.74, 6) is -0.176. The Morgan fingerprint density at radius 1 is 1.32 bits per heavy atom. The van der Waals surface area contributed by atoms with E-state index in [2.05, 4.69) is 26.2 Å². The van der Waals surface area contributed by atoms with Crippen molar-refractivity contribution in [2.45, 2.75) is 6.54 Å². The Morgan fingerprint density at radius 3 is 2.84 bits per heavy atom. The van der Waals surface area contributed by atoms with E-state index in [1.54, 1.807) is 18.2 Å². The Hall–Kier alpha value is -1.95. The molecule has 5 nitrogen and oxygen atoms in total. The van der Waals surface area contributed by atoms with Crippen LogP contribution in [0.2, 0.25) is 0 Å². The lowest BCUT2D eigenvalue weighted by Gasteiger charge is -2.07. The Labute approximate surface area is 118 Å². The number of halogens is 1. The van der Waals surface area contributed by atoms with Crippen LogP contribution in [0.3, 0.4) is 0 Å². The molecule has 1 aromatic carbocycles. The van der Waals surface area contributed by atoms with E-state index in [9.17, 15) is 9.59 Å². The van der Waals surface area contributed by atoms with Gasteiger partial charge >= 0.3 is 0 Å². The van der Waals surface area contributed by atoms with Crippen LogP contribution < -0.4 is 10.9 Å². The van der Waals surface area contributed by atoms with E-state index in [0.717, 1.165) is 4.47 Å². The average molecular weight is 322 g/mol. The first-order valence-corrected chi connectivity index (χ1v) is 6.51. The molecule has 0 radical (unpaired) electrons. The Balaban J connectivity index is 1.94. The highest BCUT2D eigenvalue weighted by Gasteiger charge is 2.08. The van der Waals surface area contributed by atoms with Crippen LogP contribution in [0.4, 0.5) is 0 Å². The van der Waals surface area contributed by atoms with Crippen molar-refractivity contribution in [1.29, 1.82) is 0 Å². The Bertz CT molecular complexity index is 640. The highest BCUT2D eigenvalue weighted by Crippen LogP contribution is 2.15. The van der Waals surface area contributed by atoms with Gasteiger partial charge in [-0.3, -0.25) is 14.2 Å². The minimum absolute atomic E-state index is 0.134. The van der Waals surface area contributed by atoms with Gasteiger partial charge in [0.1, 0.15) is 0 Å². The summed E-state index contributed by atoms with van der Waals surface area (Å²) in [5.41, 5.74) is 0.436. The number of hydrogen-bond donors (Lipinski definition) is 1. The monoisotopic (exact) mass is 321 g/mol. The number of aromatic nitrogens is 2. The number of rotatable bonds is 4. The van der Waals surface area contributed by atoms with Crippen molar-refractivity contribution < 1.29 is 4.79 Å². The predicted octanol–water partition coefficient (Wildman–Crippen LogP) is 1.44. The second-order valence-corrected chi connectivity index (χ2v) is 4.70. The zero-order valence-corrected chi connectivity index (χ0v) is 11.6. The van der Waals surface area contributed by atoms with Gasteiger partial charge in [0.25, 0.3) is 11.5 Å². The van der Waals surface area contributed by atoms with Crippen LogP contribution in [-0.4, -0.2) is 22.0 Å². The summed E-state index contributed by atoms with van der Waals surface area (Å²) in [6.07, 6.45) is 2.89. The van der Waals surface area contributed by atoms with E-state index in [-0.39, 0.29) is 11.5 Å². The third kappa shape index (κ3) is 3.51. The summed E-state index contributed by atoms with van der Waals surface area (Å²) in [7, 11) is 0. The average Bonchev–Trinajstić information content (AvgIpc) is 2.41. The van der Waals surface area contributed by atoms with Crippen LogP contribution >= 0.6 is 15.9 Å². The number of nitrogens with one attached hydrogen (secondary N) is 1. The van der Waals surface area contributed by atoms with Gasteiger partial charge in [-0.05, 0) is 28.1 Å². The Kier molecular flexibility index (Phi) is 4.46. The second-order valence-electron chi connectivity index (χ2n) is 3.85. The predicted molar refractivity (Wildman–Crippen MR) is 75.0 cm³/mol. The highest BCUT2D eigenvalue weighted by molar-refractivity contribution is 9.10. The van der Waals surface area contributed by atoms with Gasteiger partial charge in [-0.1, -0.05) is 12.1 Å². The SMILES string of the molecule is O=C(NCCn1cnccc1=O)c1ccccc1Br. The molecule has 0 spiro atoms. The molecule has 0 saturated heterocycles. The lowest BCUT2D eigenvalue weighted by Crippen LogP contribution is -2.30. The second kappa shape index (κ2) is 6.29. The van der Waals surface area contributed by atoms with Crippen LogP contribution in [0.1, 0.15) is 10.4 Å². The number of carbonyl (C=O) groups excluding carboxylic acids is 1. The first-order valence-electron chi connectivity index (χ1n) is 5.71. The van der Waals surface area contributed by atoms with E-state index < -0.39 is 0 Å². The molecule has 0 atom stereocenters. The smallest absolute Gasteiger partial charge is 0.253 e. The summed E-state index contributed by atoms with van der Waals surface area (Å²) in [6, 6.07) is 8.56. The molecule has 0 saturated carbocycles. The molecule has 1 amide bonds. The van der Waals surface area contributed by atoms with Gasteiger partial charge in [0.2, 0.25) is 0 Å². The molecule has 0 bridgehead atoms. The molecule has 1 aromatic heterocycles. The number of carbonyl (C=O) groups is 1. The number of benzene rings is 1. The number of nitrogens with zero attached hydrogens (tertiary/aromatic N) is 2. The van der Waals surface area contributed by atoms with Gasteiger partial charge in [0.15, 0.2) is 0 Å². The Morgan fingerprint density at radius 2 is 2.11 bits per heavy atom. The normalized spacial score (nSPS) is 10.2. The van der Waals surface area contributed by atoms with Crippen LogP contribution in [0.25, 0.3) is 0 Å². The first-order chi connectivity index (χ1) is 9.18. The molecule has 1 heterocycles. The van der Waals surface area contributed by atoms with Gasteiger partial charge in [-0.15, -0.1) is 0 Å². The van der Waals surface area contributed by atoms with Crippen molar-refractivity contribution in [2.24, 2.45) is 0 Å². The van der Waals surface area contributed by atoms with Crippen molar-refractivity contribution in [1.82, 2.24) is 14.9 Å². The molecule has 2 aromatic rings. The van der Waals surface area contributed by atoms with Crippen LogP contribution in [-0.2, 0) is 6.54 Å². The summed E-state index contributed by atoms with van der Waals surface area (Å²) in [5, 5.41) is 2.76. The van der Waals surface area contributed by atoms with Crippen LogP contribution in [0, 0.1) is 0 Å². The molecule has 2 rings (SSSR count). The number of amides is 1. The van der Waals surface area contributed by atoms with Gasteiger partial charge in [-0.25, -0.2) is 4.98 Å². The van der Waals surface area contributed by atoms with Crippen molar-refractivity contribution in [3.05, 3.63) is 63.2 Å². The molecule has 1 N–H and O–H groups in total. The molecule has 98 valence electrons. The molecule has 6 heteroatoms. The summed E-state index contributed by atoms with van der Waals surface area (Å²) >= 11 is 3.32. The fourth-order valence-electron chi connectivity index (χ4n) is 1.58. The van der Waals surface area contributed by atoms with Crippen molar-refractivity contribution in [3.63, 3.8) is 0 Å². The minimum Gasteiger partial charge on any atom is -0.350 e. The maximum Gasteiger partial charge on any atom is 0.253 e. The van der Waals surface area contributed by atoms with Gasteiger partial charge in [0.05, 0.1) is 11.9 Å². The largest absolute Gasteiger partial charge is 0.350 e. The third-order valence-corrected chi connectivity index (χ3v) is 3.24. The standard InChI is InChI=1S/C13H12BrN3O2/c14-11-4-2-1-3-10(11)13(19)16-7-8-17-9-15-6-5-12(17)18/h1-6,9H,7-8H2,(H,16,19). The first kappa shape index (κ1) is 13.5. The van der Waals surface area contributed by atoms with E-state index in [4.69, 9.17) is 0 Å². The zero-order chi connectivity index (χ0) is 13.7.